The third kappa shape index (κ3) is 2.97. The number of hydrogen-bond donors (Lipinski definition) is 2. The molecule has 1 aromatic rings. The average Bonchev–Trinajstić information content (AvgIpc) is 2.95. The van der Waals surface area contributed by atoms with Crippen LogP contribution in [-0.4, -0.2) is 30.4 Å². The van der Waals surface area contributed by atoms with E-state index in [4.69, 9.17) is 9.47 Å². The van der Waals surface area contributed by atoms with Crippen LogP contribution in [0.25, 0.3) is 0 Å². The minimum atomic E-state index is -0.824. The van der Waals surface area contributed by atoms with E-state index in [-0.39, 0.29) is 5.92 Å². The molecule has 5 nitrogen and oxygen atoms in total. The highest BCUT2D eigenvalue weighted by atomic mass is 16.5. The summed E-state index contributed by atoms with van der Waals surface area (Å²) in [7, 11) is 3.10. The highest BCUT2D eigenvalue weighted by molar-refractivity contribution is 5.71. The standard InChI is InChI=1S/C16H22O5/c1-9-7-13(20-2)14(21-3)8-12(9)15(17)10-5-4-6-11(10)16(18)19/h7-8,10-11,15,17H,4-6H2,1-3H3,(H,18,19). The number of aliphatic hydroxyl groups is 1. The predicted molar refractivity (Wildman–Crippen MR) is 77.7 cm³/mol. The second kappa shape index (κ2) is 6.35. The number of aliphatic hydroxyl groups excluding tert-OH is 1. The van der Waals surface area contributed by atoms with Crippen molar-refractivity contribution in [3.8, 4) is 11.5 Å². The zero-order chi connectivity index (χ0) is 15.6. The Labute approximate surface area is 124 Å². The molecule has 0 amide bonds. The van der Waals surface area contributed by atoms with E-state index >= 15 is 0 Å². The lowest BCUT2D eigenvalue weighted by Gasteiger charge is -2.24. The number of aryl methyl sites for hydroxylation is 1. The van der Waals surface area contributed by atoms with Gasteiger partial charge < -0.3 is 19.7 Å². The molecule has 0 saturated heterocycles. The number of carboxylic acid groups (broad SMARTS) is 1. The van der Waals surface area contributed by atoms with Crippen molar-refractivity contribution in [3.05, 3.63) is 23.3 Å². The molecule has 1 fully saturated rings. The number of ether oxygens (including phenoxy) is 2. The van der Waals surface area contributed by atoms with Crippen LogP contribution in [0.2, 0.25) is 0 Å². The van der Waals surface area contributed by atoms with Gasteiger partial charge in [-0.2, -0.15) is 0 Å². The molecular weight excluding hydrogens is 272 g/mol. The summed E-state index contributed by atoms with van der Waals surface area (Å²) in [6.45, 7) is 1.88. The fraction of sp³-hybridized carbons (Fsp3) is 0.562. The number of hydrogen-bond acceptors (Lipinski definition) is 4. The van der Waals surface area contributed by atoms with Crippen LogP contribution in [0.4, 0.5) is 0 Å². The monoisotopic (exact) mass is 294 g/mol. The minimum absolute atomic E-state index is 0.251. The third-order valence-electron chi connectivity index (χ3n) is 4.38. The van der Waals surface area contributed by atoms with Crippen molar-refractivity contribution in [2.75, 3.05) is 14.2 Å². The average molecular weight is 294 g/mol. The smallest absolute Gasteiger partial charge is 0.306 e. The van der Waals surface area contributed by atoms with Gasteiger partial charge in [0.15, 0.2) is 11.5 Å². The van der Waals surface area contributed by atoms with E-state index in [9.17, 15) is 15.0 Å². The molecule has 0 heterocycles. The Morgan fingerprint density at radius 3 is 2.43 bits per heavy atom. The van der Waals surface area contributed by atoms with E-state index in [0.717, 1.165) is 18.4 Å². The Hall–Kier alpha value is -1.75. The lowest BCUT2D eigenvalue weighted by Crippen LogP contribution is -2.24. The fourth-order valence-electron chi connectivity index (χ4n) is 3.22. The number of rotatable bonds is 5. The van der Waals surface area contributed by atoms with Gasteiger partial charge in [-0.25, -0.2) is 0 Å². The van der Waals surface area contributed by atoms with Crippen LogP contribution in [0, 0.1) is 18.8 Å². The van der Waals surface area contributed by atoms with Crippen molar-refractivity contribution in [1.82, 2.24) is 0 Å². The normalized spacial score (nSPS) is 22.9. The summed E-state index contributed by atoms with van der Waals surface area (Å²) in [6, 6.07) is 3.55. The maximum Gasteiger partial charge on any atom is 0.306 e. The SMILES string of the molecule is COc1cc(C)c(C(O)C2CCCC2C(=O)O)cc1OC. The summed E-state index contributed by atoms with van der Waals surface area (Å²) in [5.41, 5.74) is 1.59. The quantitative estimate of drug-likeness (QED) is 0.872. The van der Waals surface area contributed by atoms with Crippen molar-refractivity contribution in [3.63, 3.8) is 0 Å². The topological polar surface area (TPSA) is 76.0 Å². The number of aliphatic carboxylic acids is 1. The number of carbonyl (C=O) groups is 1. The summed E-state index contributed by atoms with van der Waals surface area (Å²) < 4.78 is 10.5. The van der Waals surface area contributed by atoms with Crippen LogP contribution in [0.1, 0.15) is 36.5 Å². The van der Waals surface area contributed by atoms with E-state index in [1.54, 1.807) is 20.3 Å². The van der Waals surface area contributed by atoms with Crippen LogP contribution in [0.5, 0.6) is 11.5 Å². The lowest BCUT2D eigenvalue weighted by atomic mass is 9.85. The molecule has 1 aromatic carbocycles. The Bertz CT molecular complexity index is 526. The van der Waals surface area contributed by atoms with Gasteiger partial charge in [0.1, 0.15) is 0 Å². The molecule has 116 valence electrons. The Kier molecular flexibility index (Phi) is 4.73. The molecule has 0 bridgehead atoms. The lowest BCUT2D eigenvalue weighted by molar-refractivity contribution is -0.144. The van der Waals surface area contributed by atoms with Gasteiger partial charge in [-0.05, 0) is 43.0 Å². The Balaban J connectivity index is 2.34. The molecule has 1 aliphatic carbocycles. The number of methoxy groups -OCH3 is 2. The van der Waals surface area contributed by atoms with Gasteiger partial charge in [-0.3, -0.25) is 4.79 Å². The maximum atomic E-state index is 11.3. The summed E-state index contributed by atoms with van der Waals surface area (Å²) in [5.74, 6) is -0.407. The maximum absolute atomic E-state index is 11.3. The molecular formula is C16H22O5. The fourth-order valence-corrected chi connectivity index (χ4v) is 3.22. The highest BCUT2D eigenvalue weighted by Gasteiger charge is 2.38. The zero-order valence-electron chi connectivity index (χ0n) is 12.6. The zero-order valence-corrected chi connectivity index (χ0v) is 12.6. The van der Waals surface area contributed by atoms with Gasteiger partial charge in [-0.15, -0.1) is 0 Å². The van der Waals surface area contributed by atoms with Crippen LogP contribution in [0.3, 0.4) is 0 Å². The van der Waals surface area contributed by atoms with E-state index in [1.165, 1.54) is 0 Å². The van der Waals surface area contributed by atoms with Crippen LogP contribution in [-0.2, 0) is 4.79 Å². The van der Waals surface area contributed by atoms with Gasteiger partial charge in [0.05, 0.1) is 26.2 Å². The van der Waals surface area contributed by atoms with Gasteiger partial charge in [0, 0.05) is 5.92 Å². The molecule has 0 aliphatic heterocycles. The van der Waals surface area contributed by atoms with Crippen molar-refractivity contribution in [2.45, 2.75) is 32.3 Å². The minimum Gasteiger partial charge on any atom is -0.493 e. The molecule has 0 radical (unpaired) electrons. The Morgan fingerprint density at radius 2 is 1.86 bits per heavy atom. The van der Waals surface area contributed by atoms with Crippen molar-refractivity contribution >= 4 is 5.97 Å². The third-order valence-corrected chi connectivity index (χ3v) is 4.38. The molecule has 3 atom stereocenters. The molecule has 3 unspecified atom stereocenters. The molecule has 1 aliphatic rings. The first-order valence-electron chi connectivity index (χ1n) is 7.13. The van der Waals surface area contributed by atoms with Gasteiger partial charge in [0.2, 0.25) is 0 Å². The van der Waals surface area contributed by atoms with Crippen molar-refractivity contribution in [2.24, 2.45) is 11.8 Å². The predicted octanol–water partition coefficient (Wildman–Crippen LogP) is 2.55. The molecule has 21 heavy (non-hydrogen) atoms. The molecule has 2 N–H and O–H groups in total. The molecule has 0 spiro atoms. The summed E-state index contributed by atoms with van der Waals surface area (Å²) in [5, 5.41) is 19.9. The first-order valence-corrected chi connectivity index (χ1v) is 7.13. The van der Waals surface area contributed by atoms with Gasteiger partial charge in [0.25, 0.3) is 0 Å². The first kappa shape index (κ1) is 15.6. The largest absolute Gasteiger partial charge is 0.493 e. The first-order chi connectivity index (χ1) is 9.99. The molecule has 2 rings (SSSR count). The Morgan fingerprint density at radius 1 is 1.24 bits per heavy atom. The van der Waals surface area contributed by atoms with E-state index in [0.29, 0.717) is 23.5 Å². The summed E-state index contributed by atoms with van der Waals surface area (Å²) >= 11 is 0. The van der Waals surface area contributed by atoms with Gasteiger partial charge in [-0.1, -0.05) is 6.42 Å². The van der Waals surface area contributed by atoms with E-state index < -0.39 is 18.0 Å². The van der Waals surface area contributed by atoms with Crippen molar-refractivity contribution < 1.29 is 24.5 Å². The summed E-state index contributed by atoms with van der Waals surface area (Å²) in [6.07, 6.45) is 1.40. The number of benzene rings is 1. The summed E-state index contributed by atoms with van der Waals surface area (Å²) in [4.78, 5) is 11.3. The van der Waals surface area contributed by atoms with Crippen LogP contribution >= 0.6 is 0 Å². The second-order valence-electron chi connectivity index (χ2n) is 5.55. The number of carboxylic acids is 1. The van der Waals surface area contributed by atoms with Gasteiger partial charge >= 0.3 is 5.97 Å². The molecule has 0 aromatic heterocycles. The van der Waals surface area contributed by atoms with E-state index in [2.05, 4.69) is 0 Å². The van der Waals surface area contributed by atoms with E-state index in [1.807, 2.05) is 13.0 Å². The molecule has 5 heteroatoms. The second-order valence-corrected chi connectivity index (χ2v) is 5.55. The van der Waals surface area contributed by atoms with Crippen molar-refractivity contribution in [1.29, 1.82) is 0 Å². The van der Waals surface area contributed by atoms with Crippen LogP contribution in [0.15, 0.2) is 12.1 Å². The highest BCUT2D eigenvalue weighted by Crippen LogP contribution is 2.43. The van der Waals surface area contributed by atoms with Crippen LogP contribution < -0.4 is 9.47 Å². The molecule has 1 saturated carbocycles.